The van der Waals surface area contributed by atoms with Crippen LogP contribution in [0, 0.1) is 13.8 Å². The second-order valence-electron chi connectivity index (χ2n) is 10.7. The Morgan fingerprint density at radius 3 is 2.40 bits per heavy atom. The largest absolute Gasteiger partial charge is 0.349 e. The van der Waals surface area contributed by atoms with Crippen molar-refractivity contribution in [2.45, 2.75) is 46.1 Å². The van der Waals surface area contributed by atoms with E-state index >= 15 is 0 Å². The first kappa shape index (κ1) is 28.3. The average molecular weight is 588 g/mol. The van der Waals surface area contributed by atoms with Crippen LogP contribution in [0.25, 0.3) is 21.9 Å². The summed E-state index contributed by atoms with van der Waals surface area (Å²) >= 11 is 1.36. The number of aryl methyl sites for hydroxylation is 3. The van der Waals surface area contributed by atoms with E-state index in [0.29, 0.717) is 34.0 Å². The number of rotatable bonds is 9. The molecule has 3 aromatic carbocycles. The van der Waals surface area contributed by atoms with Gasteiger partial charge in [0.25, 0.3) is 5.56 Å². The first-order valence-corrected chi connectivity index (χ1v) is 15.3. The maximum Gasteiger partial charge on any atom is 0.268 e. The molecule has 0 fully saturated rings. The van der Waals surface area contributed by atoms with Crippen molar-refractivity contribution in [3.05, 3.63) is 141 Å². The Kier molecular flexibility index (Phi) is 8.03. The van der Waals surface area contributed by atoms with Crippen molar-refractivity contribution in [3.8, 4) is 16.9 Å². The molecule has 0 saturated carbocycles. The molecule has 8 heteroatoms. The van der Waals surface area contributed by atoms with Gasteiger partial charge in [0.15, 0.2) is 4.96 Å². The number of carbonyl (C=O) groups is 1. The molecule has 0 radical (unpaired) electrons. The molecular formula is C35H33N5O2S. The number of hydrogen-bond acceptors (Lipinski definition) is 5. The molecule has 7 nitrogen and oxygen atoms in total. The second-order valence-corrected chi connectivity index (χ2v) is 11.5. The molecule has 1 N–H and O–H groups in total. The SMILES string of the molecule is CCc1ccccc1-n1nc(-c2c(C)nc3scc(CC(=O)N[C@@H](Cc4ccccc4)c4ccccc4)n3c2=O)cc1C. The number of amides is 1. The Morgan fingerprint density at radius 1 is 0.953 bits per heavy atom. The number of nitrogens with zero attached hydrogens (tertiary/aromatic N) is 4. The summed E-state index contributed by atoms with van der Waals surface area (Å²) < 4.78 is 3.45. The summed E-state index contributed by atoms with van der Waals surface area (Å²) in [5.74, 6) is -0.158. The fraction of sp³-hybridized carbons (Fsp3) is 0.200. The quantitative estimate of drug-likeness (QED) is 0.211. The van der Waals surface area contributed by atoms with Gasteiger partial charge in [-0.3, -0.25) is 14.0 Å². The summed E-state index contributed by atoms with van der Waals surface area (Å²) in [7, 11) is 0. The van der Waals surface area contributed by atoms with Crippen LogP contribution in [0.15, 0.2) is 101 Å². The lowest BCUT2D eigenvalue weighted by atomic mass is 9.98. The Hall–Kier alpha value is -4.82. The third-order valence-corrected chi connectivity index (χ3v) is 8.60. The Morgan fingerprint density at radius 2 is 1.65 bits per heavy atom. The van der Waals surface area contributed by atoms with Gasteiger partial charge >= 0.3 is 0 Å². The van der Waals surface area contributed by atoms with Crippen molar-refractivity contribution in [1.82, 2.24) is 24.5 Å². The topological polar surface area (TPSA) is 81.3 Å². The van der Waals surface area contributed by atoms with Crippen LogP contribution in [-0.4, -0.2) is 25.1 Å². The number of aromatic nitrogens is 4. The highest BCUT2D eigenvalue weighted by atomic mass is 32.1. The highest BCUT2D eigenvalue weighted by Crippen LogP contribution is 2.25. The van der Waals surface area contributed by atoms with E-state index in [2.05, 4.69) is 30.4 Å². The lowest BCUT2D eigenvalue weighted by Crippen LogP contribution is -2.32. The molecule has 3 aromatic heterocycles. The van der Waals surface area contributed by atoms with E-state index in [0.717, 1.165) is 28.9 Å². The molecule has 0 aliphatic rings. The summed E-state index contributed by atoms with van der Waals surface area (Å²) in [6.07, 6.45) is 1.59. The standard InChI is InChI=1S/C35H33N5O2S/c1-4-26-15-11-12-18-31(26)40-23(2)19-30(38-40)33-24(3)36-35-39(34(33)42)28(22-43-35)21-32(41)37-29(27-16-9-6-10-17-27)20-25-13-7-5-8-14-25/h5-19,22,29H,4,20-21H2,1-3H3,(H,37,41)/t29-/m0/s1. The number of thiazole rings is 1. The van der Waals surface area contributed by atoms with Gasteiger partial charge in [-0.2, -0.15) is 5.10 Å². The maximum atomic E-state index is 14.0. The lowest BCUT2D eigenvalue weighted by Gasteiger charge is -2.19. The second kappa shape index (κ2) is 12.2. The summed E-state index contributed by atoms with van der Waals surface area (Å²) in [6, 6.07) is 30.0. The Labute approximate surface area is 254 Å². The molecule has 6 rings (SSSR count). The van der Waals surface area contributed by atoms with E-state index in [9.17, 15) is 9.59 Å². The summed E-state index contributed by atoms with van der Waals surface area (Å²) in [5.41, 5.74) is 7.28. The van der Waals surface area contributed by atoms with Crippen LogP contribution in [-0.2, 0) is 24.1 Å². The van der Waals surface area contributed by atoms with Crippen molar-refractivity contribution >= 4 is 22.2 Å². The number of para-hydroxylation sites is 1. The van der Waals surface area contributed by atoms with Crippen molar-refractivity contribution < 1.29 is 4.79 Å². The molecule has 0 spiro atoms. The minimum atomic E-state index is -0.219. The van der Waals surface area contributed by atoms with Gasteiger partial charge in [0.1, 0.15) is 5.69 Å². The molecule has 0 aliphatic carbocycles. The van der Waals surface area contributed by atoms with Crippen LogP contribution in [0.2, 0.25) is 0 Å². The smallest absolute Gasteiger partial charge is 0.268 e. The molecule has 6 aromatic rings. The molecule has 216 valence electrons. The van der Waals surface area contributed by atoms with Gasteiger partial charge in [-0.05, 0) is 55.5 Å². The Balaban J connectivity index is 1.32. The van der Waals surface area contributed by atoms with Crippen molar-refractivity contribution in [2.75, 3.05) is 0 Å². The van der Waals surface area contributed by atoms with Crippen LogP contribution in [0.4, 0.5) is 0 Å². The summed E-state index contributed by atoms with van der Waals surface area (Å²) in [4.78, 5) is 32.8. The fourth-order valence-corrected chi connectivity index (χ4v) is 6.50. The van der Waals surface area contributed by atoms with Gasteiger partial charge in [0.05, 0.1) is 29.4 Å². The van der Waals surface area contributed by atoms with E-state index in [1.807, 2.05) is 96.7 Å². The van der Waals surface area contributed by atoms with Gasteiger partial charge in [0, 0.05) is 16.8 Å². The highest BCUT2D eigenvalue weighted by Gasteiger charge is 2.22. The number of fused-ring (bicyclic) bond motifs is 1. The minimum absolute atomic E-state index is 0.0551. The molecule has 0 unspecified atom stereocenters. The van der Waals surface area contributed by atoms with Crippen molar-refractivity contribution in [3.63, 3.8) is 0 Å². The van der Waals surface area contributed by atoms with Crippen LogP contribution < -0.4 is 10.9 Å². The van der Waals surface area contributed by atoms with Gasteiger partial charge in [-0.15, -0.1) is 11.3 Å². The first-order valence-electron chi connectivity index (χ1n) is 14.5. The molecule has 1 amide bonds. The minimum Gasteiger partial charge on any atom is -0.349 e. The summed E-state index contributed by atoms with van der Waals surface area (Å²) in [5, 5.41) is 9.93. The zero-order valence-corrected chi connectivity index (χ0v) is 25.3. The number of hydrogen-bond donors (Lipinski definition) is 1. The monoisotopic (exact) mass is 587 g/mol. The maximum absolute atomic E-state index is 14.0. The summed E-state index contributed by atoms with van der Waals surface area (Å²) in [6.45, 7) is 5.94. The third-order valence-electron chi connectivity index (χ3n) is 7.73. The van der Waals surface area contributed by atoms with Crippen molar-refractivity contribution in [1.29, 1.82) is 0 Å². The molecule has 0 aliphatic heterocycles. The highest BCUT2D eigenvalue weighted by molar-refractivity contribution is 7.15. The van der Waals surface area contributed by atoms with Crippen LogP contribution in [0.5, 0.6) is 0 Å². The molecule has 43 heavy (non-hydrogen) atoms. The number of carbonyl (C=O) groups excluding carboxylic acids is 1. The van der Waals surface area contributed by atoms with Gasteiger partial charge in [-0.25, -0.2) is 9.67 Å². The van der Waals surface area contributed by atoms with E-state index in [1.165, 1.54) is 16.9 Å². The fourth-order valence-electron chi connectivity index (χ4n) is 5.58. The zero-order chi connectivity index (χ0) is 29.9. The molecular weight excluding hydrogens is 554 g/mol. The molecule has 0 saturated heterocycles. The molecule has 3 heterocycles. The van der Waals surface area contributed by atoms with E-state index in [4.69, 9.17) is 10.1 Å². The number of benzene rings is 3. The molecule has 0 bridgehead atoms. The zero-order valence-electron chi connectivity index (χ0n) is 24.4. The van der Waals surface area contributed by atoms with Crippen LogP contribution in [0.1, 0.15) is 46.7 Å². The van der Waals surface area contributed by atoms with Gasteiger partial charge < -0.3 is 5.32 Å². The third kappa shape index (κ3) is 5.79. The first-order chi connectivity index (χ1) is 20.9. The van der Waals surface area contributed by atoms with Crippen LogP contribution in [0.3, 0.4) is 0 Å². The van der Waals surface area contributed by atoms with E-state index in [1.54, 1.807) is 4.40 Å². The average Bonchev–Trinajstić information content (AvgIpc) is 3.60. The Bertz CT molecular complexity index is 1960. The van der Waals surface area contributed by atoms with Gasteiger partial charge in [0.2, 0.25) is 5.91 Å². The van der Waals surface area contributed by atoms with Crippen LogP contribution >= 0.6 is 11.3 Å². The normalized spacial score (nSPS) is 12.0. The van der Waals surface area contributed by atoms with E-state index in [-0.39, 0.29) is 23.9 Å². The van der Waals surface area contributed by atoms with Crippen molar-refractivity contribution in [2.24, 2.45) is 0 Å². The lowest BCUT2D eigenvalue weighted by molar-refractivity contribution is -0.121. The predicted molar refractivity (Wildman–Crippen MR) is 172 cm³/mol. The number of nitrogens with one attached hydrogen (secondary N) is 1. The predicted octanol–water partition coefficient (Wildman–Crippen LogP) is 6.43. The molecule has 1 atom stereocenters. The van der Waals surface area contributed by atoms with E-state index < -0.39 is 0 Å². The van der Waals surface area contributed by atoms with Gasteiger partial charge in [-0.1, -0.05) is 85.8 Å².